The van der Waals surface area contributed by atoms with Crippen molar-refractivity contribution in [3.8, 4) is 11.5 Å². The lowest BCUT2D eigenvalue weighted by Gasteiger charge is -2.06. The third-order valence-electron chi connectivity index (χ3n) is 5.03. The summed E-state index contributed by atoms with van der Waals surface area (Å²) in [5.74, 6) is 0.153. The molecule has 4 rings (SSSR count). The number of benzene rings is 3. The Bertz CT molecular complexity index is 1300. The standard InChI is InChI=1S/C27H21Cl2NO5/c1-2-3-14-33-20-11-6-18(7-12-20)25-30-24(27(32)35-25)15-17-4-9-21(10-5-17)34-26(31)22-13-8-19(28)16-23(22)29/h4-13,15-16H,2-3,14H2,1H3/b24-15-. The van der Waals surface area contributed by atoms with Crippen molar-refractivity contribution in [1.82, 2.24) is 0 Å². The predicted octanol–water partition coefficient (Wildman–Crippen LogP) is 6.74. The van der Waals surface area contributed by atoms with E-state index in [9.17, 15) is 9.59 Å². The van der Waals surface area contributed by atoms with Crippen LogP contribution in [0.5, 0.6) is 11.5 Å². The fraction of sp³-hybridized carbons (Fsp3) is 0.148. The van der Waals surface area contributed by atoms with Crippen LogP contribution in [0, 0.1) is 0 Å². The quantitative estimate of drug-likeness (QED) is 0.145. The summed E-state index contributed by atoms with van der Waals surface area (Å²) in [5.41, 5.74) is 1.73. The van der Waals surface area contributed by atoms with E-state index in [4.69, 9.17) is 37.4 Å². The first kappa shape index (κ1) is 24.5. The second-order valence-corrected chi connectivity index (χ2v) is 8.49. The van der Waals surface area contributed by atoms with E-state index in [-0.39, 0.29) is 22.2 Å². The fourth-order valence-electron chi connectivity index (χ4n) is 3.17. The normalized spacial score (nSPS) is 14.0. The second-order valence-electron chi connectivity index (χ2n) is 7.65. The Kier molecular flexibility index (Phi) is 7.85. The second kappa shape index (κ2) is 11.2. The Morgan fingerprint density at radius 1 is 1.00 bits per heavy atom. The van der Waals surface area contributed by atoms with Crippen molar-refractivity contribution < 1.29 is 23.8 Å². The van der Waals surface area contributed by atoms with Crippen molar-refractivity contribution in [3.63, 3.8) is 0 Å². The molecule has 8 heteroatoms. The molecule has 0 atom stereocenters. The van der Waals surface area contributed by atoms with Gasteiger partial charge in [-0.15, -0.1) is 0 Å². The minimum atomic E-state index is -0.604. The summed E-state index contributed by atoms with van der Waals surface area (Å²) in [6, 6.07) is 18.4. The van der Waals surface area contributed by atoms with E-state index in [0.29, 0.717) is 28.5 Å². The van der Waals surface area contributed by atoms with Gasteiger partial charge in [0.15, 0.2) is 5.70 Å². The molecule has 0 bridgehead atoms. The number of halogens is 2. The summed E-state index contributed by atoms with van der Waals surface area (Å²) in [4.78, 5) is 29.0. The summed E-state index contributed by atoms with van der Waals surface area (Å²) in [6.45, 7) is 2.76. The van der Waals surface area contributed by atoms with Gasteiger partial charge >= 0.3 is 11.9 Å². The Hall–Kier alpha value is -3.61. The maximum absolute atomic E-state index is 12.4. The molecule has 6 nitrogen and oxygen atoms in total. The summed E-state index contributed by atoms with van der Waals surface area (Å²) < 4.78 is 16.3. The van der Waals surface area contributed by atoms with Gasteiger partial charge in [0, 0.05) is 10.6 Å². The smallest absolute Gasteiger partial charge is 0.363 e. The molecule has 0 spiro atoms. The highest BCUT2D eigenvalue weighted by Crippen LogP contribution is 2.24. The van der Waals surface area contributed by atoms with Crippen molar-refractivity contribution >= 4 is 47.1 Å². The maximum Gasteiger partial charge on any atom is 0.363 e. The molecule has 0 aliphatic carbocycles. The largest absolute Gasteiger partial charge is 0.494 e. The van der Waals surface area contributed by atoms with Gasteiger partial charge in [-0.3, -0.25) is 0 Å². The molecule has 0 saturated carbocycles. The van der Waals surface area contributed by atoms with Crippen molar-refractivity contribution in [2.24, 2.45) is 4.99 Å². The van der Waals surface area contributed by atoms with Gasteiger partial charge in [-0.05, 0) is 72.7 Å². The average Bonchev–Trinajstić information content (AvgIpc) is 3.21. The van der Waals surface area contributed by atoms with E-state index in [2.05, 4.69) is 11.9 Å². The highest BCUT2D eigenvalue weighted by Gasteiger charge is 2.24. The van der Waals surface area contributed by atoms with Gasteiger partial charge in [-0.25, -0.2) is 14.6 Å². The molecule has 0 saturated heterocycles. The van der Waals surface area contributed by atoms with Crippen LogP contribution in [0.4, 0.5) is 0 Å². The van der Waals surface area contributed by atoms with Crippen LogP contribution in [0.1, 0.15) is 41.3 Å². The van der Waals surface area contributed by atoms with Crippen LogP contribution in [-0.4, -0.2) is 24.4 Å². The number of aliphatic imine (C=N–C) groups is 1. The molecule has 35 heavy (non-hydrogen) atoms. The summed E-state index contributed by atoms with van der Waals surface area (Å²) in [7, 11) is 0. The molecule has 1 heterocycles. The lowest BCUT2D eigenvalue weighted by atomic mass is 10.2. The number of hydrogen-bond donors (Lipinski definition) is 0. The Morgan fingerprint density at radius 2 is 1.71 bits per heavy atom. The number of cyclic esters (lactones) is 1. The van der Waals surface area contributed by atoms with E-state index in [1.807, 2.05) is 12.1 Å². The van der Waals surface area contributed by atoms with Crippen LogP contribution < -0.4 is 9.47 Å². The summed E-state index contributed by atoms with van der Waals surface area (Å²) >= 11 is 11.9. The zero-order chi connectivity index (χ0) is 24.8. The van der Waals surface area contributed by atoms with Crippen LogP contribution in [-0.2, 0) is 9.53 Å². The average molecular weight is 510 g/mol. The monoisotopic (exact) mass is 509 g/mol. The molecule has 0 radical (unpaired) electrons. The lowest BCUT2D eigenvalue weighted by Crippen LogP contribution is -2.09. The first-order valence-corrected chi connectivity index (χ1v) is 11.7. The molecule has 3 aromatic carbocycles. The number of esters is 2. The van der Waals surface area contributed by atoms with Gasteiger partial charge in [0.1, 0.15) is 11.5 Å². The molecule has 0 N–H and O–H groups in total. The highest BCUT2D eigenvalue weighted by atomic mass is 35.5. The molecular weight excluding hydrogens is 489 g/mol. The van der Waals surface area contributed by atoms with E-state index in [0.717, 1.165) is 18.6 Å². The van der Waals surface area contributed by atoms with E-state index >= 15 is 0 Å². The minimum Gasteiger partial charge on any atom is -0.494 e. The number of nitrogens with zero attached hydrogens (tertiary/aromatic N) is 1. The van der Waals surface area contributed by atoms with Crippen molar-refractivity contribution in [3.05, 3.63) is 99.2 Å². The van der Waals surface area contributed by atoms with Crippen molar-refractivity contribution in [2.75, 3.05) is 6.61 Å². The number of unbranched alkanes of at least 4 members (excludes halogenated alkanes) is 1. The summed E-state index contributed by atoms with van der Waals surface area (Å²) in [6.07, 6.45) is 3.64. The Labute approximate surface area is 212 Å². The van der Waals surface area contributed by atoms with Gasteiger partial charge in [0.2, 0.25) is 5.90 Å². The van der Waals surface area contributed by atoms with Crippen LogP contribution in [0.15, 0.2) is 77.4 Å². The SMILES string of the molecule is CCCCOc1ccc(C2=N/C(=C\c3ccc(OC(=O)c4ccc(Cl)cc4Cl)cc3)C(=O)O2)cc1. The van der Waals surface area contributed by atoms with Crippen LogP contribution in [0.3, 0.4) is 0 Å². The highest BCUT2D eigenvalue weighted by molar-refractivity contribution is 6.36. The third kappa shape index (κ3) is 6.29. The zero-order valence-electron chi connectivity index (χ0n) is 18.8. The first-order chi connectivity index (χ1) is 16.9. The lowest BCUT2D eigenvalue weighted by molar-refractivity contribution is -0.129. The molecule has 1 aliphatic heterocycles. The van der Waals surface area contributed by atoms with E-state index < -0.39 is 11.9 Å². The Balaban J connectivity index is 1.42. The predicted molar refractivity (Wildman–Crippen MR) is 135 cm³/mol. The first-order valence-electron chi connectivity index (χ1n) is 11.0. The van der Waals surface area contributed by atoms with E-state index in [1.54, 1.807) is 48.5 Å². The zero-order valence-corrected chi connectivity index (χ0v) is 20.3. The van der Waals surface area contributed by atoms with Crippen LogP contribution >= 0.6 is 23.2 Å². The van der Waals surface area contributed by atoms with Crippen LogP contribution in [0.25, 0.3) is 6.08 Å². The van der Waals surface area contributed by atoms with E-state index in [1.165, 1.54) is 12.1 Å². The Morgan fingerprint density at radius 3 is 2.40 bits per heavy atom. The molecule has 3 aromatic rings. The third-order valence-corrected chi connectivity index (χ3v) is 5.58. The number of rotatable bonds is 8. The molecule has 0 aromatic heterocycles. The molecule has 0 fully saturated rings. The van der Waals surface area contributed by atoms with Gasteiger partial charge in [0.05, 0.1) is 17.2 Å². The molecule has 178 valence electrons. The van der Waals surface area contributed by atoms with Gasteiger partial charge in [-0.1, -0.05) is 48.7 Å². The fourth-order valence-corrected chi connectivity index (χ4v) is 3.65. The number of ether oxygens (including phenoxy) is 3. The minimum absolute atomic E-state index is 0.168. The van der Waals surface area contributed by atoms with Crippen molar-refractivity contribution in [1.29, 1.82) is 0 Å². The van der Waals surface area contributed by atoms with Crippen LogP contribution in [0.2, 0.25) is 10.0 Å². The molecular formula is C27H21Cl2NO5. The number of carbonyl (C=O) groups excluding carboxylic acids is 2. The molecule has 0 amide bonds. The van der Waals surface area contributed by atoms with Crippen molar-refractivity contribution in [2.45, 2.75) is 19.8 Å². The van der Waals surface area contributed by atoms with Gasteiger partial charge in [-0.2, -0.15) is 0 Å². The maximum atomic E-state index is 12.4. The van der Waals surface area contributed by atoms with Gasteiger partial charge < -0.3 is 14.2 Å². The van der Waals surface area contributed by atoms with Gasteiger partial charge in [0.25, 0.3) is 0 Å². The topological polar surface area (TPSA) is 74.2 Å². The summed E-state index contributed by atoms with van der Waals surface area (Å²) in [5, 5.41) is 0.629. The number of hydrogen-bond acceptors (Lipinski definition) is 6. The number of carbonyl (C=O) groups is 2. The molecule has 1 aliphatic rings. The molecule has 0 unspecified atom stereocenters.